The third kappa shape index (κ3) is 3.06. The Balaban J connectivity index is 1.94. The molecule has 0 saturated heterocycles. The van der Waals surface area contributed by atoms with Gasteiger partial charge in [0.05, 0.1) is 12.1 Å². The number of nitrogens with two attached hydrogens (primary N) is 1. The summed E-state index contributed by atoms with van der Waals surface area (Å²) in [5.74, 6) is 5.59. The lowest BCUT2D eigenvalue weighted by atomic mass is 10.2. The van der Waals surface area contributed by atoms with Crippen LogP contribution in [0.15, 0.2) is 30.5 Å². The summed E-state index contributed by atoms with van der Waals surface area (Å²) in [7, 11) is 0. The first-order valence-corrected chi connectivity index (χ1v) is 6.27. The predicted molar refractivity (Wildman–Crippen MR) is 72.3 cm³/mol. The number of carbonyl (C=O) groups is 1. The van der Waals surface area contributed by atoms with Crippen molar-refractivity contribution in [2.75, 3.05) is 5.43 Å². The Kier molecular flexibility index (Phi) is 3.91. The average molecular weight is 262 g/mol. The smallest absolute Gasteiger partial charge is 0.253 e. The van der Waals surface area contributed by atoms with Crippen molar-refractivity contribution in [1.29, 1.82) is 0 Å². The summed E-state index contributed by atoms with van der Waals surface area (Å²) in [4.78, 5) is 18.2. The van der Waals surface area contributed by atoms with Crippen LogP contribution < -0.4 is 16.6 Å². The highest BCUT2D eigenvalue weighted by molar-refractivity contribution is 7.11. The number of pyridine rings is 1. The number of nitrogens with zero attached hydrogens (tertiary/aromatic N) is 1. The Bertz CT molecular complexity index is 535. The second-order valence-corrected chi connectivity index (χ2v) is 5.14. The van der Waals surface area contributed by atoms with Crippen LogP contribution in [0.2, 0.25) is 0 Å². The number of nitrogens with one attached hydrogen (secondary N) is 2. The largest absolute Gasteiger partial charge is 0.347 e. The quantitative estimate of drug-likeness (QED) is 0.578. The maximum Gasteiger partial charge on any atom is 0.253 e. The van der Waals surface area contributed by atoms with E-state index in [9.17, 15) is 4.79 Å². The first-order chi connectivity index (χ1) is 8.69. The first kappa shape index (κ1) is 12.5. The van der Waals surface area contributed by atoms with E-state index in [0.717, 1.165) is 4.88 Å². The molecule has 2 aromatic rings. The minimum atomic E-state index is -0.142. The molecule has 4 N–H and O–H groups in total. The molecule has 94 valence electrons. The van der Waals surface area contributed by atoms with E-state index in [1.54, 1.807) is 23.5 Å². The minimum Gasteiger partial charge on any atom is -0.347 e. The van der Waals surface area contributed by atoms with Gasteiger partial charge in [-0.25, -0.2) is 10.8 Å². The van der Waals surface area contributed by atoms with Crippen molar-refractivity contribution in [3.8, 4) is 0 Å². The summed E-state index contributed by atoms with van der Waals surface area (Å²) in [6.45, 7) is 2.58. The van der Waals surface area contributed by atoms with E-state index in [2.05, 4.69) is 15.7 Å². The zero-order valence-electron chi connectivity index (χ0n) is 9.93. The van der Waals surface area contributed by atoms with Gasteiger partial charge in [0.1, 0.15) is 5.82 Å². The van der Waals surface area contributed by atoms with Gasteiger partial charge in [-0.2, -0.15) is 0 Å². The summed E-state index contributed by atoms with van der Waals surface area (Å²) in [5, 5.41) is 2.85. The first-order valence-electron chi connectivity index (χ1n) is 5.45. The fraction of sp³-hybridized carbons (Fsp3) is 0.167. The van der Waals surface area contributed by atoms with Crippen molar-refractivity contribution in [3.05, 3.63) is 45.8 Å². The van der Waals surface area contributed by atoms with E-state index in [1.165, 1.54) is 11.1 Å². The third-order valence-electron chi connectivity index (χ3n) is 2.39. The van der Waals surface area contributed by atoms with Gasteiger partial charge in [-0.3, -0.25) is 4.79 Å². The van der Waals surface area contributed by atoms with Gasteiger partial charge in [0.2, 0.25) is 0 Å². The summed E-state index contributed by atoms with van der Waals surface area (Å²) in [6.07, 6.45) is 1.49. The molecule has 0 atom stereocenters. The number of carbonyl (C=O) groups excluding carboxylic acids is 1. The number of hydrogen-bond donors (Lipinski definition) is 3. The Morgan fingerprint density at radius 3 is 2.78 bits per heavy atom. The number of aromatic nitrogens is 1. The average Bonchev–Trinajstić information content (AvgIpc) is 2.82. The highest BCUT2D eigenvalue weighted by atomic mass is 32.1. The Labute approximate surface area is 109 Å². The van der Waals surface area contributed by atoms with Crippen LogP contribution in [0.5, 0.6) is 0 Å². The monoisotopic (exact) mass is 262 g/mol. The molecule has 0 radical (unpaired) electrons. The predicted octanol–water partition coefficient (Wildman–Crippen LogP) is 1.67. The number of nitrogen functional groups attached to an aromatic ring is 1. The zero-order chi connectivity index (χ0) is 13.0. The van der Waals surface area contributed by atoms with Crippen LogP contribution in [0.25, 0.3) is 0 Å². The van der Waals surface area contributed by atoms with Crippen LogP contribution in [-0.4, -0.2) is 10.9 Å². The van der Waals surface area contributed by atoms with E-state index in [0.29, 0.717) is 17.9 Å². The Morgan fingerprint density at radius 1 is 1.39 bits per heavy atom. The highest BCUT2D eigenvalue weighted by Gasteiger charge is 2.06. The number of aryl methyl sites for hydroxylation is 1. The minimum absolute atomic E-state index is 0.142. The summed E-state index contributed by atoms with van der Waals surface area (Å²) < 4.78 is 0. The molecule has 0 saturated carbocycles. The van der Waals surface area contributed by atoms with Crippen molar-refractivity contribution >= 4 is 23.1 Å². The maximum atomic E-state index is 11.8. The van der Waals surface area contributed by atoms with Gasteiger partial charge in [-0.15, -0.1) is 11.3 Å². The molecule has 0 aliphatic rings. The number of thiophene rings is 1. The fourth-order valence-corrected chi connectivity index (χ4v) is 2.29. The third-order valence-corrected chi connectivity index (χ3v) is 3.39. The molecular weight excluding hydrogens is 248 g/mol. The van der Waals surface area contributed by atoms with Gasteiger partial charge >= 0.3 is 0 Å². The molecule has 0 fully saturated rings. The van der Waals surface area contributed by atoms with Crippen molar-refractivity contribution in [2.24, 2.45) is 5.84 Å². The van der Waals surface area contributed by atoms with E-state index < -0.39 is 0 Å². The molecule has 0 unspecified atom stereocenters. The lowest BCUT2D eigenvalue weighted by molar-refractivity contribution is 0.0951. The Morgan fingerprint density at radius 2 is 2.22 bits per heavy atom. The van der Waals surface area contributed by atoms with Crippen LogP contribution in [0, 0.1) is 6.92 Å². The molecule has 1 amide bonds. The molecule has 6 heteroatoms. The number of anilines is 1. The van der Waals surface area contributed by atoms with Gasteiger partial charge in [-0.1, -0.05) is 0 Å². The van der Waals surface area contributed by atoms with E-state index >= 15 is 0 Å². The van der Waals surface area contributed by atoms with Gasteiger partial charge in [0.25, 0.3) is 5.91 Å². The van der Waals surface area contributed by atoms with Crippen molar-refractivity contribution < 1.29 is 4.79 Å². The number of hydrazine groups is 1. The van der Waals surface area contributed by atoms with Gasteiger partial charge in [0, 0.05) is 16.0 Å². The second kappa shape index (κ2) is 5.61. The van der Waals surface area contributed by atoms with Gasteiger partial charge in [-0.05, 0) is 31.2 Å². The summed E-state index contributed by atoms with van der Waals surface area (Å²) in [6, 6.07) is 7.39. The van der Waals surface area contributed by atoms with E-state index in [1.807, 2.05) is 19.1 Å². The summed E-state index contributed by atoms with van der Waals surface area (Å²) >= 11 is 1.67. The lowest BCUT2D eigenvalue weighted by Crippen LogP contribution is -2.22. The topological polar surface area (TPSA) is 80.0 Å². The van der Waals surface area contributed by atoms with Crippen LogP contribution >= 0.6 is 11.3 Å². The van der Waals surface area contributed by atoms with Gasteiger partial charge in [0.15, 0.2) is 0 Å². The summed E-state index contributed by atoms with van der Waals surface area (Å²) in [5.41, 5.74) is 2.93. The maximum absolute atomic E-state index is 11.8. The molecule has 0 bridgehead atoms. The molecule has 0 aliphatic carbocycles. The molecule has 0 aromatic carbocycles. The second-order valence-electron chi connectivity index (χ2n) is 3.77. The molecule has 0 spiro atoms. The molecule has 2 heterocycles. The Hall–Kier alpha value is -1.92. The molecule has 0 aliphatic heterocycles. The SMILES string of the molecule is Cc1ccc(CNC(=O)c2ccc(NN)nc2)s1. The normalized spacial score (nSPS) is 10.1. The lowest BCUT2D eigenvalue weighted by Gasteiger charge is -2.04. The fourth-order valence-electron chi connectivity index (χ4n) is 1.46. The van der Waals surface area contributed by atoms with Crippen molar-refractivity contribution in [3.63, 3.8) is 0 Å². The number of rotatable bonds is 4. The van der Waals surface area contributed by atoms with Crippen LogP contribution in [-0.2, 0) is 6.54 Å². The highest BCUT2D eigenvalue weighted by Crippen LogP contribution is 2.14. The zero-order valence-corrected chi connectivity index (χ0v) is 10.8. The van der Waals surface area contributed by atoms with Gasteiger partial charge < -0.3 is 10.7 Å². The number of hydrogen-bond acceptors (Lipinski definition) is 5. The van der Waals surface area contributed by atoms with Crippen LogP contribution in [0.1, 0.15) is 20.1 Å². The van der Waals surface area contributed by atoms with Crippen LogP contribution in [0.3, 0.4) is 0 Å². The molecule has 18 heavy (non-hydrogen) atoms. The van der Waals surface area contributed by atoms with Crippen molar-refractivity contribution in [1.82, 2.24) is 10.3 Å². The molecular formula is C12H14N4OS. The molecule has 2 rings (SSSR count). The van der Waals surface area contributed by atoms with Crippen molar-refractivity contribution in [2.45, 2.75) is 13.5 Å². The standard InChI is InChI=1S/C12H14N4OS/c1-8-2-4-10(18-8)7-15-12(17)9-3-5-11(16-13)14-6-9/h2-6H,7,13H2,1H3,(H,14,16)(H,15,17). The van der Waals surface area contributed by atoms with E-state index in [4.69, 9.17) is 5.84 Å². The van der Waals surface area contributed by atoms with Crippen LogP contribution in [0.4, 0.5) is 5.82 Å². The molecule has 5 nitrogen and oxygen atoms in total. The van der Waals surface area contributed by atoms with E-state index in [-0.39, 0.29) is 5.91 Å². The number of amides is 1. The molecule has 2 aromatic heterocycles.